The van der Waals surface area contributed by atoms with Crippen molar-refractivity contribution in [3.05, 3.63) is 47.0 Å². The second-order valence-corrected chi connectivity index (χ2v) is 9.83. The van der Waals surface area contributed by atoms with Gasteiger partial charge in [0.1, 0.15) is 11.5 Å². The predicted octanol–water partition coefficient (Wildman–Crippen LogP) is 3.81. The molecule has 1 aliphatic heterocycles. The number of nitrogens with one attached hydrogen (secondary N) is 1. The molecule has 31 heavy (non-hydrogen) atoms. The number of aryl methyl sites for hydroxylation is 3. The number of piperidine rings is 1. The van der Waals surface area contributed by atoms with Crippen LogP contribution in [0.1, 0.15) is 36.0 Å². The number of hydrogen-bond donors (Lipinski definition) is 1. The van der Waals surface area contributed by atoms with Crippen molar-refractivity contribution >= 4 is 21.6 Å². The highest BCUT2D eigenvalue weighted by Gasteiger charge is 2.27. The van der Waals surface area contributed by atoms with Crippen LogP contribution < -0.4 is 14.8 Å². The zero-order valence-electron chi connectivity index (χ0n) is 18.5. The van der Waals surface area contributed by atoms with Crippen LogP contribution in [-0.2, 0) is 14.8 Å². The first-order valence-electron chi connectivity index (χ1n) is 10.4. The van der Waals surface area contributed by atoms with Crippen molar-refractivity contribution in [1.29, 1.82) is 0 Å². The van der Waals surface area contributed by atoms with Crippen molar-refractivity contribution in [3.63, 3.8) is 0 Å². The largest absolute Gasteiger partial charge is 0.495 e. The number of sulfonamides is 1. The SMILES string of the molecule is COc1ccc(S(=O)(=O)N2CCCCC2)cc1NC(=O)COc1c(C)cc(C)cc1C. The van der Waals surface area contributed by atoms with Crippen molar-refractivity contribution in [2.45, 2.75) is 44.9 Å². The van der Waals surface area contributed by atoms with Gasteiger partial charge in [-0.15, -0.1) is 0 Å². The molecule has 0 unspecified atom stereocenters. The number of methoxy groups -OCH3 is 1. The average molecular weight is 447 g/mol. The van der Waals surface area contributed by atoms with Crippen molar-refractivity contribution in [2.24, 2.45) is 0 Å². The maximum absolute atomic E-state index is 13.0. The van der Waals surface area contributed by atoms with Crippen molar-refractivity contribution in [2.75, 3.05) is 32.1 Å². The molecule has 1 fully saturated rings. The van der Waals surface area contributed by atoms with Crippen LogP contribution in [0.25, 0.3) is 0 Å². The minimum atomic E-state index is -3.62. The van der Waals surface area contributed by atoms with Gasteiger partial charge in [-0.1, -0.05) is 24.1 Å². The molecule has 0 spiro atoms. The van der Waals surface area contributed by atoms with Crippen LogP contribution in [0.2, 0.25) is 0 Å². The van der Waals surface area contributed by atoms with E-state index in [-0.39, 0.29) is 11.5 Å². The molecule has 1 N–H and O–H groups in total. The van der Waals surface area contributed by atoms with E-state index in [0.717, 1.165) is 36.0 Å². The van der Waals surface area contributed by atoms with Gasteiger partial charge in [0.15, 0.2) is 6.61 Å². The Morgan fingerprint density at radius 3 is 2.29 bits per heavy atom. The van der Waals surface area contributed by atoms with Gasteiger partial charge < -0.3 is 14.8 Å². The Hall–Kier alpha value is -2.58. The summed E-state index contributed by atoms with van der Waals surface area (Å²) in [6.07, 6.45) is 2.75. The van der Waals surface area contributed by atoms with Crippen LogP contribution in [0.5, 0.6) is 11.5 Å². The molecule has 168 valence electrons. The molecule has 0 atom stereocenters. The normalized spacial score (nSPS) is 14.8. The molecule has 8 heteroatoms. The summed E-state index contributed by atoms with van der Waals surface area (Å²) in [5.41, 5.74) is 3.34. The molecule has 0 bridgehead atoms. The number of anilines is 1. The summed E-state index contributed by atoms with van der Waals surface area (Å²) in [5, 5.41) is 2.73. The molecular weight excluding hydrogens is 416 g/mol. The Morgan fingerprint density at radius 2 is 1.68 bits per heavy atom. The molecule has 2 aromatic rings. The van der Waals surface area contributed by atoms with Crippen LogP contribution >= 0.6 is 0 Å². The molecule has 1 heterocycles. The maximum Gasteiger partial charge on any atom is 0.262 e. The fourth-order valence-corrected chi connectivity index (χ4v) is 5.46. The van der Waals surface area contributed by atoms with E-state index in [0.29, 0.717) is 30.3 Å². The minimum absolute atomic E-state index is 0.136. The maximum atomic E-state index is 13.0. The molecule has 0 radical (unpaired) electrons. The number of nitrogens with zero attached hydrogens (tertiary/aromatic N) is 1. The van der Waals surface area contributed by atoms with Crippen molar-refractivity contribution < 1.29 is 22.7 Å². The van der Waals surface area contributed by atoms with Crippen molar-refractivity contribution in [1.82, 2.24) is 4.31 Å². The summed E-state index contributed by atoms with van der Waals surface area (Å²) in [7, 11) is -2.15. The number of ether oxygens (including phenoxy) is 2. The lowest BCUT2D eigenvalue weighted by Crippen LogP contribution is -2.35. The van der Waals surface area contributed by atoms with Gasteiger partial charge in [-0.05, 0) is 62.9 Å². The molecule has 7 nitrogen and oxygen atoms in total. The quantitative estimate of drug-likeness (QED) is 0.699. The first-order chi connectivity index (χ1) is 14.7. The molecule has 0 aliphatic carbocycles. The summed E-state index contributed by atoms with van der Waals surface area (Å²) in [6, 6.07) is 8.51. The Labute approximate surface area is 184 Å². The average Bonchev–Trinajstić information content (AvgIpc) is 2.73. The molecule has 0 saturated carbocycles. The van der Waals surface area contributed by atoms with Crippen LogP contribution in [-0.4, -0.2) is 45.4 Å². The second-order valence-electron chi connectivity index (χ2n) is 7.89. The summed E-state index contributed by atoms with van der Waals surface area (Å²) >= 11 is 0. The summed E-state index contributed by atoms with van der Waals surface area (Å²) in [4.78, 5) is 12.7. The topological polar surface area (TPSA) is 84.9 Å². The lowest BCUT2D eigenvalue weighted by Gasteiger charge is -2.26. The third-order valence-corrected chi connectivity index (χ3v) is 7.24. The summed E-state index contributed by atoms with van der Waals surface area (Å²) in [5.74, 6) is 0.660. The van der Waals surface area contributed by atoms with Gasteiger partial charge >= 0.3 is 0 Å². The van der Waals surface area contributed by atoms with Gasteiger partial charge in [-0.3, -0.25) is 4.79 Å². The van der Waals surface area contributed by atoms with E-state index in [1.807, 2.05) is 32.9 Å². The van der Waals surface area contributed by atoms with E-state index >= 15 is 0 Å². The Balaban J connectivity index is 1.76. The zero-order chi connectivity index (χ0) is 22.6. The Bertz CT molecular complexity index is 1040. The van der Waals surface area contributed by atoms with Gasteiger partial charge in [-0.25, -0.2) is 8.42 Å². The van der Waals surface area contributed by atoms with Gasteiger partial charge in [0.2, 0.25) is 10.0 Å². The number of benzene rings is 2. The highest BCUT2D eigenvalue weighted by molar-refractivity contribution is 7.89. The fraction of sp³-hybridized carbons (Fsp3) is 0.435. The minimum Gasteiger partial charge on any atom is -0.495 e. The smallest absolute Gasteiger partial charge is 0.262 e. The summed E-state index contributed by atoms with van der Waals surface area (Å²) in [6.45, 7) is 6.71. The molecular formula is C23H30N2O5S. The van der Waals surface area contributed by atoms with Gasteiger partial charge in [-0.2, -0.15) is 4.31 Å². The first-order valence-corrected chi connectivity index (χ1v) is 11.8. The number of carbonyl (C=O) groups excluding carboxylic acids is 1. The van der Waals surface area contributed by atoms with Gasteiger partial charge in [0, 0.05) is 13.1 Å². The van der Waals surface area contributed by atoms with Crippen molar-refractivity contribution in [3.8, 4) is 11.5 Å². The first kappa shape index (κ1) is 23.1. The van der Waals surface area contributed by atoms with Crippen LogP contribution in [0.15, 0.2) is 35.2 Å². The van der Waals surface area contributed by atoms with E-state index in [2.05, 4.69) is 5.32 Å². The standard InChI is InChI=1S/C23H30N2O5S/c1-16-12-17(2)23(18(3)13-16)30-15-22(26)24-20-14-19(8-9-21(20)29-4)31(27,28)25-10-6-5-7-11-25/h8-9,12-14H,5-7,10-11,15H2,1-4H3,(H,24,26). The van der Waals surface area contributed by atoms with E-state index in [4.69, 9.17) is 9.47 Å². The number of rotatable bonds is 7. The number of amides is 1. The van der Waals surface area contributed by atoms with Crippen LogP contribution in [0.4, 0.5) is 5.69 Å². The Kier molecular flexibility index (Phi) is 7.23. The molecule has 2 aromatic carbocycles. The third kappa shape index (κ3) is 5.37. The molecule has 1 aliphatic rings. The summed E-state index contributed by atoms with van der Waals surface area (Å²) < 4.78 is 38.5. The second kappa shape index (κ2) is 9.70. The van der Waals surface area contributed by atoms with Crippen LogP contribution in [0.3, 0.4) is 0 Å². The fourth-order valence-electron chi connectivity index (χ4n) is 3.92. The molecule has 0 aromatic heterocycles. The molecule has 1 saturated heterocycles. The number of carbonyl (C=O) groups is 1. The van der Waals surface area contributed by atoms with Gasteiger partial charge in [0.25, 0.3) is 5.91 Å². The lowest BCUT2D eigenvalue weighted by molar-refractivity contribution is -0.118. The van der Waals surface area contributed by atoms with Gasteiger partial charge in [0.05, 0.1) is 17.7 Å². The zero-order valence-corrected chi connectivity index (χ0v) is 19.3. The molecule has 3 rings (SSSR count). The van der Waals surface area contributed by atoms with E-state index < -0.39 is 15.9 Å². The van der Waals surface area contributed by atoms with E-state index in [1.54, 1.807) is 6.07 Å². The monoisotopic (exact) mass is 446 g/mol. The van der Waals surface area contributed by atoms with Crippen LogP contribution in [0, 0.1) is 20.8 Å². The number of hydrogen-bond acceptors (Lipinski definition) is 5. The third-order valence-electron chi connectivity index (χ3n) is 5.35. The lowest BCUT2D eigenvalue weighted by atomic mass is 10.1. The highest BCUT2D eigenvalue weighted by atomic mass is 32.2. The molecule has 1 amide bonds. The Morgan fingerprint density at radius 1 is 1.03 bits per heavy atom. The predicted molar refractivity (Wildman–Crippen MR) is 120 cm³/mol. The highest BCUT2D eigenvalue weighted by Crippen LogP contribution is 2.30. The van der Waals surface area contributed by atoms with E-state index in [1.165, 1.54) is 23.5 Å². The van der Waals surface area contributed by atoms with E-state index in [9.17, 15) is 13.2 Å².